The van der Waals surface area contributed by atoms with Crippen molar-refractivity contribution in [1.29, 1.82) is 0 Å². The summed E-state index contributed by atoms with van der Waals surface area (Å²) in [6.07, 6.45) is 13.4. The van der Waals surface area contributed by atoms with E-state index < -0.39 is 0 Å². The van der Waals surface area contributed by atoms with E-state index in [0.717, 1.165) is 50.9 Å². The van der Waals surface area contributed by atoms with Gasteiger partial charge in [-0.05, 0) is 50.4 Å². The number of nitrogens with zero attached hydrogens (tertiary/aromatic N) is 2. The van der Waals surface area contributed by atoms with E-state index in [1.165, 1.54) is 57.8 Å². The molecule has 0 aromatic rings. The fraction of sp³-hybridized carbons (Fsp3) is 0.905. The van der Waals surface area contributed by atoms with Crippen molar-refractivity contribution in [3.05, 3.63) is 0 Å². The standard InChI is InChI=1S/C21H36N2O2/c1-17(24)22-13-9-18(10-14-22)7-8-19-11-15-23(16-12-19)21(25)20-5-3-2-4-6-20/h18-20H,2-16H2,1H3. The summed E-state index contributed by atoms with van der Waals surface area (Å²) < 4.78 is 0. The van der Waals surface area contributed by atoms with E-state index in [2.05, 4.69) is 4.90 Å². The molecule has 0 bridgehead atoms. The van der Waals surface area contributed by atoms with Crippen LogP contribution in [0.1, 0.15) is 77.6 Å². The van der Waals surface area contributed by atoms with Crippen molar-refractivity contribution in [2.45, 2.75) is 77.6 Å². The lowest BCUT2D eigenvalue weighted by Crippen LogP contribution is -2.42. The zero-order valence-corrected chi connectivity index (χ0v) is 16.0. The average molecular weight is 349 g/mol. The number of rotatable bonds is 4. The van der Waals surface area contributed by atoms with Crippen LogP contribution in [-0.4, -0.2) is 47.8 Å². The molecule has 0 N–H and O–H groups in total. The molecule has 3 rings (SSSR count). The van der Waals surface area contributed by atoms with Gasteiger partial charge in [0.25, 0.3) is 0 Å². The molecular formula is C21H36N2O2. The SMILES string of the molecule is CC(=O)N1CCC(CCC2CCN(C(=O)C3CCCCC3)CC2)CC1. The number of amides is 2. The summed E-state index contributed by atoms with van der Waals surface area (Å²) in [5, 5.41) is 0. The molecule has 0 unspecified atom stereocenters. The molecular weight excluding hydrogens is 312 g/mol. The van der Waals surface area contributed by atoms with Crippen molar-refractivity contribution in [1.82, 2.24) is 9.80 Å². The quantitative estimate of drug-likeness (QED) is 0.774. The van der Waals surface area contributed by atoms with Gasteiger partial charge in [-0.25, -0.2) is 0 Å². The highest BCUT2D eigenvalue weighted by molar-refractivity contribution is 5.79. The van der Waals surface area contributed by atoms with E-state index in [-0.39, 0.29) is 5.91 Å². The lowest BCUT2D eigenvalue weighted by Gasteiger charge is -2.36. The molecule has 1 saturated carbocycles. The summed E-state index contributed by atoms with van der Waals surface area (Å²) in [4.78, 5) is 28.2. The monoisotopic (exact) mass is 348 g/mol. The molecule has 4 heteroatoms. The highest BCUT2D eigenvalue weighted by atomic mass is 16.2. The fourth-order valence-electron chi connectivity index (χ4n) is 5.06. The number of carbonyl (C=O) groups excluding carboxylic acids is 2. The van der Waals surface area contributed by atoms with Crippen molar-refractivity contribution in [2.75, 3.05) is 26.2 Å². The predicted molar refractivity (Wildman–Crippen MR) is 100 cm³/mol. The topological polar surface area (TPSA) is 40.6 Å². The van der Waals surface area contributed by atoms with Crippen molar-refractivity contribution < 1.29 is 9.59 Å². The molecule has 3 aliphatic rings. The van der Waals surface area contributed by atoms with E-state index in [9.17, 15) is 9.59 Å². The van der Waals surface area contributed by atoms with Gasteiger partial charge >= 0.3 is 0 Å². The number of hydrogen-bond acceptors (Lipinski definition) is 2. The van der Waals surface area contributed by atoms with E-state index in [4.69, 9.17) is 0 Å². The lowest BCUT2D eigenvalue weighted by atomic mass is 9.84. The van der Waals surface area contributed by atoms with Crippen LogP contribution in [0.5, 0.6) is 0 Å². The molecule has 0 spiro atoms. The van der Waals surface area contributed by atoms with Crippen LogP contribution in [0.15, 0.2) is 0 Å². The molecule has 0 radical (unpaired) electrons. The first-order chi connectivity index (χ1) is 12.1. The normalized spacial score (nSPS) is 24.5. The molecule has 2 amide bonds. The van der Waals surface area contributed by atoms with Crippen LogP contribution in [-0.2, 0) is 9.59 Å². The molecule has 2 saturated heterocycles. The Morgan fingerprint density at radius 1 is 0.720 bits per heavy atom. The molecule has 4 nitrogen and oxygen atoms in total. The average Bonchev–Trinajstić information content (AvgIpc) is 2.67. The van der Waals surface area contributed by atoms with Crippen LogP contribution in [0.3, 0.4) is 0 Å². The number of piperidine rings is 2. The lowest BCUT2D eigenvalue weighted by molar-refractivity contribution is -0.138. The van der Waals surface area contributed by atoms with Gasteiger partial charge in [-0.15, -0.1) is 0 Å². The van der Waals surface area contributed by atoms with Gasteiger partial charge in [0.05, 0.1) is 0 Å². The smallest absolute Gasteiger partial charge is 0.225 e. The van der Waals surface area contributed by atoms with Gasteiger partial charge in [-0.2, -0.15) is 0 Å². The van der Waals surface area contributed by atoms with Gasteiger partial charge in [0.2, 0.25) is 11.8 Å². The van der Waals surface area contributed by atoms with Crippen LogP contribution in [0.25, 0.3) is 0 Å². The van der Waals surface area contributed by atoms with Gasteiger partial charge in [0.1, 0.15) is 0 Å². The Kier molecular flexibility index (Phi) is 6.77. The second kappa shape index (κ2) is 9.05. The number of likely N-dealkylation sites (tertiary alicyclic amines) is 2. The zero-order chi connectivity index (χ0) is 17.6. The van der Waals surface area contributed by atoms with Gasteiger partial charge in [0, 0.05) is 39.0 Å². The third kappa shape index (κ3) is 5.21. The minimum absolute atomic E-state index is 0.230. The van der Waals surface area contributed by atoms with Crippen molar-refractivity contribution >= 4 is 11.8 Å². The molecule has 142 valence electrons. The minimum atomic E-state index is 0.230. The Balaban J connectivity index is 1.33. The summed E-state index contributed by atoms with van der Waals surface area (Å²) >= 11 is 0. The summed E-state index contributed by atoms with van der Waals surface area (Å²) in [6.45, 7) is 5.57. The first-order valence-corrected chi connectivity index (χ1v) is 10.7. The second-order valence-electron chi connectivity index (χ2n) is 8.63. The van der Waals surface area contributed by atoms with Gasteiger partial charge in [-0.1, -0.05) is 32.1 Å². The molecule has 0 aromatic heterocycles. The summed E-state index contributed by atoms with van der Waals surface area (Å²) in [5.74, 6) is 2.62. The Hall–Kier alpha value is -1.06. The maximum absolute atomic E-state index is 12.6. The van der Waals surface area contributed by atoms with Crippen molar-refractivity contribution in [2.24, 2.45) is 17.8 Å². The third-order valence-electron chi connectivity index (χ3n) is 6.92. The molecule has 2 heterocycles. The molecule has 0 aromatic carbocycles. The van der Waals surface area contributed by atoms with E-state index >= 15 is 0 Å². The van der Waals surface area contributed by atoms with Gasteiger partial charge in [0.15, 0.2) is 0 Å². The fourth-order valence-corrected chi connectivity index (χ4v) is 5.06. The predicted octanol–water partition coefficient (Wildman–Crippen LogP) is 3.84. The Bertz CT molecular complexity index is 443. The van der Waals surface area contributed by atoms with Crippen molar-refractivity contribution in [3.63, 3.8) is 0 Å². The number of hydrogen-bond donors (Lipinski definition) is 0. The molecule has 3 fully saturated rings. The van der Waals surface area contributed by atoms with Gasteiger partial charge < -0.3 is 9.80 Å². The Labute approximate surface area is 153 Å². The maximum Gasteiger partial charge on any atom is 0.225 e. The van der Waals surface area contributed by atoms with Crippen molar-refractivity contribution in [3.8, 4) is 0 Å². The first kappa shape index (κ1) is 18.7. The van der Waals surface area contributed by atoms with Gasteiger partial charge in [-0.3, -0.25) is 9.59 Å². The first-order valence-electron chi connectivity index (χ1n) is 10.7. The minimum Gasteiger partial charge on any atom is -0.343 e. The van der Waals surface area contributed by atoms with E-state index in [1.807, 2.05) is 4.90 Å². The maximum atomic E-state index is 12.6. The summed E-state index contributed by atoms with van der Waals surface area (Å²) in [7, 11) is 0. The largest absolute Gasteiger partial charge is 0.343 e. The van der Waals surface area contributed by atoms with Crippen LogP contribution >= 0.6 is 0 Å². The Morgan fingerprint density at radius 2 is 1.20 bits per heavy atom. The Morgan fingerprint density at radius 3 is 1.68 bits per heavy atom. The molecule has 1 aliphatic carbocycles. The summed E-state index contributed by atoms with van der Waals surface area (Å²) in [5.41, 5.74) is 0. The highest BCUT2D eigenvalue weighted by Gasteiger charge is 2.29. The highest BCUT2D eigenvalue weighted by Crippen LogP contribution is 2.30. The van der Waals surface area contributed by atoms with Crippen LogP contribution in [0, 0.1) is 17.8 Å². The molecule has 25 heavy (non-hydrogen) atoms. The van der Waals surface area contributed by atoms with Crippen LogP contribution in [0.4, 0.5) is 0 Å². The second-order valence-corrected chi connectivity index (χ2v) is 8.63. The van der Waals surface area contributed by atoms with E-state index in [1.54, 1.807) is 6.92 Å². The van der Waals surface area contributed by atoms with E-state index in [0.29, 0.717) is 11.8 Å². The molecule has 2 aliphatic heterocycles. The third-order valence-corrected chi connectivity index (χ3v) is 6.92. The number of carbonyl (C=O) groups is 2. The molecule has 0 atom stereocenters. The van der Waals surface area contributed by atoms with Crippen LogP contribution in [0.2, 0.25) is 0 Å². The zero-order valence-electron chi connectivity index (χ0n) is 16.0. The summed E-state index contributed by atoms with van der Waals surface area (Å²) in [6, 6.07) is 0. The van der Waals surface area contributed by atoms with Crippen LogP contribution < -0.4 is 0 Å².